The zero-order chi connectivity index (χ0) is 11.5. The average Bonchev–Trinajstić information content (AvgIpc) is 2.17. The molecule has 0 saturated carbocycles. The number of benzene rings is 1. The standard InChI is InChI=1S/C13H18BrCl/c1-4-13(2,3)12(14)9-10-6-5-7-11(15)8-10/h5-8,12H,4,9H2,1-3H3. The second kappa shape index (κ2) is 5.36. The Balaban J connectivity index is 2.70. The Hall–Kier alpha value is -0.0100. The Morgan fingerprint density at radius 2 is 2.07 bits per heavy atom. The van der Waals surface area contributed by atoms with Gasteiger partial charge >= 0.3 is 0 Å². The molecular formula is C13H18BrCl. The van der Waals surface area contributed by atoms with E-state index < -0.39 is 0 Å². The van der Waals surface area contributed by atoms with Crippen LogP contribution in [0.5, 0.6) is 0 Å². The number of hydrogen-bond acceptors (Lipinski definition) is 0. The largest absolute Gasteiger partial charge is 0.0881 e. The van der Waals surface area contributed by atoms with Gasteiger partial charge in [0.25, 0.3) is 0 Å². The summed E-state index contributed by atoms with van der Waals surface area (Å²) in [5, 5.41) is 0.821. The Morgan fingerprint density at radius 3 is 2.60 bits per heavy atom. The zero-order valence-corrected chi connectivity index (χ0v) is 11.9. The van der Waals surface area contributed by atoms with Crippen LogP contribution in [0.1, 0.15) is 32.8 Å². The minimum Gasteiger partial charge on any atom is -0.0881 e. The van der Waals surface area contributed by atoms with Gasteiger partial charge in [0.1, 0.15) is 0 Å². The fourth-order valence-corrected chi connectivity index (χ4v) is 2.28. The second-order valence-corrected chi connectivity index (χ2v) is 6.19. The number of halogens is 2. The van der Waals surface area contributed by atoms with E-state index in [1.165, 1.54) is 12.0 Å². The van der Waals surface area contributed by atoms with Crippen LogP contribution in [-0.2, 0) is 6.42 Å². The van der Waals surface area contributed by atoms with Crippen LogP contribution in [0.25, 0.3) is 0 Å². The maximum Gasteiger partial charge on any atom is 0.0408 e. The summed E-state index contributed by atoms with van der Waals surface area (Å²) in [5.74, 6) is 0. The fourth-order valence-electron chi connectivity index (χ4n) is 1.37. The first-order valence-electron chi connectivity index (χ1n) is 5.34. The monoisotopic (exact) mass is 288 g/mol. The number of rotatable bonds is 4. The summed E-state index contributed by atoms with van der Waals surface area (Å²) in [7, 11) is 0. The van der Waals surface area contributed by atoms with Crippen LogP contribution < -0.4 is 0 Å². The van der Waals surface area contributed by atoms with Crippen LogP contribution in [-0.4, -0.2) is 4.83 Å². The van der Waals surface area contributed by atoms with Gasteiger partial charge in [0.05, 0.1) is 0 Å². The first-order valence-corrected chi connectivity index (χ1v) is 6.63. The first kappa shape index (κ1) is 13.1. The van der Waals surface area contributed by atoms with Crippen molar-refractivity contribution >= 4 is 27.5 Å². The Labute approximate surface area is 106 Å². The molecule has 0 N–H and O–H groups in total. The third-order valence-corrected chi connectivity index (χ3v) is 4.86. The van der Waals surface area contributed by atoms with Crippen LogP contribution in [0.15, 0.2) is 24.3 Å². The Bertz CT molecular complexity index is 320. The summed E-state index contributed by atoms with van der Waals surface area (Å²) >= 11 is 9.74. The van der Waals surface area contributed by atoms with E-state index in [1.54, 1.807) is 0 Å². The van der Waals surface area contributed by atoms with Gasteiger partial charge in [0.15, 0.2) is 0 Å². The smallest absolute Gasteiger partial charge is 0.0408 e. The molecule has 15 heavy (non-hydrogen) atoms. The fraction of sp³-hybridized carbons (Fsp3) is 0.538. The highest BCUT2D eigenvalue weighted by molar-refractivity contribution is 9.09. The quantitative estimate of drug-likeness (QED) is 0.678. The van der Waals surface area contributed by atoms with Gasteiger partial charge in [-0.2, -0.15) is 0 Å². The molecule has 0 aliphatic rings. The van der Waals surface area contributed by atoms with E-state index in [-0.39, 0.29) is 0 Å². The van der Waals surface area contributed by atoms with Crippen molar-refractivity contribution in [3.63, 3.8) is 0 Å². The molecule has 0 amide bonds. The van der Waals surface area contributed by atoms with E-state index in [0.29, 0.717) is 10.2 Å². The summed E-state index contributed by atoms with van der Waals surface area (Å²) in [6.07, 6.45) is 2.20. The van der Waals surface area contributed by atoms with E-state index in [1.807, 2.05) is 18.2 Å². The van der Waals surface area contributed by atoms with E-state index in [0.717, 1.165) is 11.4 Å². The van der Waals surface area contributed by atoms with Crippen LogP contribution in [0.3, 0.4) is 0 Å². The summed E-state index contributed by atoms with van der Waals surface area (Å²) in [5.41, 5.74) is 1.62. The maximum atomic E-state index is 5.96. The van der Waals surface area contributed by atoms with Crippen molar-refractivity contribution in [3.05, 3.63) is 34.9 Å². The molecule has 1 unspecified atom stereocenters. The molecule has 1 atom stereocenters. The Morgan fingerprint density at radius 1 is 1.40 bits per heavy atom. The molecule has 0 aromatic heterocycles. The molecule has 0 aliphatic heterocycles. The number of alkyl halides is 1. The van der Waals surface area contributed by atoms with Gasteiger partial charge in [-0.15, -0.1) is 0 Å². The minimum atomic E-state index is 0.322. The molecule has 1 rings (SSSR count). The van der Waals surface area contributed by atoms with Gasteiger partial charge in [-0.05, 0) is 36.0 Å². The van der Waals surface area contributed by atoms with E-state index >= 15 is 0 Å². The molecule has 0 bridgehead atoms. The minimum absolute atomic E-state index is 0.322. The zero-order valence-electron chi connectivity index (χ0n) is 9.56. The predicted molar refractivity (Wildman–Crippen MR) is 71.9 cm³/mol. The molecule has 0 heterocycles. The van der Waals surface area contributed by atoms with Crippen LogP contribution in [0.4, 0.5) is 0 Å². The van der Waals surface area contributed by atoms with Crippen molar-refractivity contribution < 1.29 is 0 Å². The molecule has 0 spiro atoms. The van der Waals surface area contributed by atoms with Crippen molar-refractivity contribution in [2.24, 2.45) is 5.41 Å². The highest BCUT2D eigenvalue weighted by Gasteiger charge is 2.25. The van der Waals surface area contributed by atoms with Crippen molar-refractivity contribution in [3.8, 4) is 0 Å². The van der Waals surface area contributed by atoms with E-state index in [2.05, 4.69) is 42.8 Å². The van der Waals surface area contributed by atoms with Gasteiger partial charge in [-0.1, -0.05) is 60.4 Å². The van der Waals surface area contributed by atoms with Crippen molar-refractivity contribution in [2.45, 2.75) is 38.4 Å². The second-order valence-electron chi connectivity index (χ2n) is 4.64. The average molecular weight is 290 g/mol. The predicted octanol–water partition coefficient (Wildman–Crippen LogP) is 5.08. The Kier molecular flexibility index (Phi) is 4.66. The van der Waals surface area contributed by atoms with Gasteiger partial charge < -0.3 is 0 Å². The lowest BCUT2D eigenvalue weighted by atomic mass is 9.84. The lowest BCUT2D eigenvalue weighted by Crippen LogP contribution is -2.25. The SMILES string of the molecule is CCC(C)(C)C(Br)Cc1cccc(Cl)c1. The van der Waals surface area contributed by atoms with Crippen molar-refractivity contribution in [2.75, 3.05) is 0 Å². The van der Waals surface area contributed by atoms with Crippen LogP contribution in [0, 0.1) is 5.41 Å². The lowest BCUT2D eigenvalue weighted by Gasteiger charge is -2.29. The normalized spacial score (nSPS) is 13.9. The highest BCUT2D eigenvalue weighted by Crippen LogP contribution is 2.33. The molecule has 0 nitrogen and oxygen atoms in total. The summed E-state index contributed by atoms with van der Waals surface area (Å²) in [4.78, 5) is 0.494. The molecular weight excluding hydrogens is 271 g/mol. The number of hydrogen-bond donors (Lipinski definition) is 0. The summed E-state index contributed by atoms with van der Waals surface area (Å²) in [6, 6.07) is 8.10. The topological polar surface area (TPSA) is 0 Å². The molecule has 1 aromatic carbocycles. The molecule has 84 valence electrons. The van der Waals surface area contributed by atoms with Gasteiger partial charge in [-0.25, -0.2) is 0 Å². The molecule has 1 aromatic rings. The molecule has 0 fully saturated rings. The van der Waals surface area contributed by atoms with Crippen molar-refractivity contribution in [1.82, 2.24) is 0 Å². The summed E-state index contributed by atoms with van der Waals surface area (Å²) in [6.45, 7) is 6.81. The van der Waals surface area contributed by atoms with Crippen LogP contribution >= 0.6 is 27.5 Å². The van der Waals surface area contributed by atoms with Crippen molar-refractivity contribution in [1.29, 1.82) is 0 Å². The van der Waals surface area contributed by atoms with E-state index in [9.17, 15) is 0 Å². The lowest BCUT2D eigenvalue weighted by molar-refractivity contribution is 0.340. The van der Waals surface area contributed by atoms with Gasteiger partial charge in [0, 0.05) is 9.85 Å². The maximum absolute atomic E-state index is 5.96. The third kappa shape index (κ3) is 3.81. The highest BCUT2D eigenvalue weighted by atomic mass is 79.9. The molecule has 0 saturated heterocycles. The van der Waals surface area contributed by atoms with E-state index in [4.69, 9.17) is 11.6 Å². The summed E-state index contributed by atoms with van der Waals surface area (Å²) < 4.78 is 0. The third-order valence-electron chi connectivity index (χ3n) is 3.06. The van der Waals surface area contributed by atoms with Gasteiger partial charge in [-0.3, -0.25) is 0 Å². The first-order chi connectivity index (χ1) is 6.95. The molecule has 0 aliphatic carbocycles. The van der Waals surface area contributed by atoms with Gasteiger partial charge in [0.2, 0.25) is 0 Å². The molecule has 2 heteroatoms. The molecule has 0 radical (unpaired) electrons. The van der Waals surface area contributed by atoms with Crippen LogP contribution in [0.2, 0.25) is 5.02 Å².